The fourth-order valence-electron chi connectivity index (χ4n) is 1.63. The number of nitrogens with two attached hydrogens (primary N) is 1. The quantitative estimate of drug-likeness (QED) is 0.596. The van der Waals surface area contributed by atoms with Gasteiger partial charge in [0.2, 0.25) is 0 Å². The SMILES string of the molecule is Nc1ccc(Nc2ccc(F)c(Br)c2)c(C(F)(F)F)c1. The molecule has 7 heteroatoms. The summed E-state index contributed by atoms with van der Waals surface area (Å²) in [4.78, 5) is 0. The standard InChI is InChI=1S/C13H9BrF4N2/c14-10-6-8(2-3-11(10)15)20-12-4-1-7(19)5-9(12)13(16,17)18/h1-6,20H,19H2. The maximum absolute atomic E-state index is 13.1. The van der Waals surface area contributed by atoms with Crippen LogP contribution in [0.3, 0.4) is 0 Å². The van der Waals surface area contributed by atoms with Gasteiger partial charge in [0.15, 0.2) is 0 Å². The van der Waals surface area contributed by atoms with Crippen LogP contribution in [0.15, 0.2) is 40.9 Å². The maximum Gasteiger partial charge on any atom is 0.418 e. The summed E-state index contributed by atoms with van der Waals surface area (Å²) in [6.45, 7) is 0. The molecular weight excluding hydrogens is 340 g/mol. The summed E-state index contributed by atoms with van der Waals surface area (Å²) in [5.41, 5.74) is 4.70. The zero-order chi connectivity index (χ0) is 14.9. The summed E-state index contributed by atoms with van der Waals surface area (Å²) in [7, 11) is 0. The highest BCUT2D eigenvalue weighted by Gasteiger charge is 2.33. The van der Waals surface area contributed by atoms with Crippen molar-refractivity contribution in [2.75, 3.05) is 11.1 Å². The number of nitrogen functional groups attached to an aromatic ring is 1. The van der Waals surface area contributed by atoms with Gasteiger partial charge in [-0.15, -0.1) is 0 Å². The van der Waals surface area contributed by atoms with E-state index in [1.807, 2.05) is 0 Å². The molecule has 0 saturated heterocycles. The van der Waals surface area contributed by atoms with Crippen LogP contribution in [0.1, 0.15) is 5.56 Å². The first-order valence-corrected chi connectivity index (χ1v) is 6.25. The molecule has 0 radical (unpaired) electrons. The summed E-state index contributed by atoms with van der Waals surface area (Å²) in [5, 5.41) is 2.60. The molecule has 2 aromatic rings. The molecule has 0 unspecified atom stereocenters. The third kappa shape index (κ3) is 3.22. The molecule has 0 aliphatic rings. The van der Waals surface area contributed by atoms with Crippen molar-refractivity contribution in [3.8, 4) is 0 Å². The van der Waals surface area contributed by atoms with Crippen LogP contribution in [0.25, 0.3) is 0 Å². The highest BCUT2D eigenvalue weighted by Crippen LogP contribution is 2.37. The lowest BCUT2D eigenvalue weighted by atomic mass is 10.1. The Morgan fingerprint density at radius 3 is 2.35 bits per heavy atom. The number of benzene rings is 2. The van der Waals surface area contributed by atoms with E-state index < -0.39 is 17.6 Å². The zero-order valence-corrected chi connectivity index (χ0v) is 11.5. The minimum Gasteiger partial charge on any atom is -0.399 e. The lowest BCUT2D eigenvalue weighted by molar-refractivity contribution is -0.136. The van der Waals surface area contributed by atoms with Gasteiger partial charge in [-0.25, -0.2) is 4.39 Å². The van der Waals surface area contributed by atoms with E-state index in [2.05, 4.69) is 21.2 Å². The van der Waals surface area contributed by atoms with Crippen molar-refractivity contribution in [2.45, 2.75) is 6.18 Å². The molecule has 0 spiro atoms. The van der Waals surface area contributed by atoms with Crippen molar-refractivity contribution in [3.05, 3.63) is 52.3 Å². The summed E-state index contributed by atoms with van der Waals surface area (Å²) < 4.78 is 52.0. The molecule has 0 saturated carbocycles. The van der Waals surface area contributed by atoms with E-state index in [0.29, 0.717) is 5.69 Å². The molecule has 0 heterocycles. The number of halogens is 5. The Morgan fingerprint density at radius 1 is 1.05 bits per heavy atom. The third-order valence-corrected chi connectivity index (χ3v) is 3.16. The monoisotopic (exact) mass is 348 g/mol. The van der Waals surface area contributed by atoms with Crippen molar-refractivity contribution >= 4 is 33.0 Å². The Bertz CT molecular complexity index is 641. The van der Waals surface area contributed by atoms with E-state index in [0.717, 1.165) is 12.1 Å². The molecule has 20 heavy (non-hydrogen) atoms. The highest BCUT2D eigenvalue weighted by molar-refractivity contribution is 9.10. The lowest BCUT2D eigenvalue weighted by Crippen LogP contribution is -2.09. The Balaban J connectivity index is 2.40. The van der Waals surface area contributed by atoms with E-state index in [9.17, 15) is 17.6 Å². The molecule has 3 N–H and O–H groups in total. The van der Waals surface area contributed by atoms with Gasteiger partial charge in [0.25, 0.3) is 0 Å². The second-order valence-corrected chi connectivity index (χ2v) is 4.91. The number of nitrogens with one attached hydrogen (secondary N) is 1. The summed E-state index contributed by atoms with van der Waals surface area (Å²) in [6, 6.07) is 7.28. The van der Waals surface area contributed by atoms with Crippen LogP contribution in [-0.4, -0.2) is 0 Å². The smallest absolute Gasteiger partial charge is 0.399 e. The molecule has 0 atom stereocenters. The van der Waals surface area contributed by atoms with Crippen LogP contribution in [0, 0.1) is 5.82 Å². The molecule has 0 fully saturated rings. The van der Waals surface area contributed by atoms with Crippen molar-refractivity contribution in [1.82, 2.24) is 0 Å². The highest BCUT2D eigenvalue weighted by atomic mass is 79.9. The number of hydrogen-bond donors (Lipinski definition) is 2. The molecular formula is C13H9BrF4N2. The van der Waals surface area contributed by atoms with Gasteiger partial charge in [-0.3, -0.25) is 0 Å². The summed E-state index contributed by atoms with van der Waals surface area (Å²) in [5.74, 6) is -0.496. The van der Waals surface area contributed by atoms with Gasteiger partial charge in [-0.1, -0.05) is 0 Å². The van der Waals surface area contributed by atoms with Crippen molar-refractivity contribution in [1.29, 1.82) is 0 Å². The lowest BCUT2D eigenvalue weighted by Gasteiger charge is -2.15. The average molecular weight is 349 g/mol. The van der Waals surface area contributed by atoms with Gasteiger partial charge in [-0.05, 0) is 52.3 Å². The van der Waals surface area contributed by atoms with E-state index in [1.54, 1.807) is 0 Å². The predicted octanol–water partition coefficient (Wildman–Crippen LogP) is 4.93. The van der Waals surface area contributed by atoms with Gasteiger partial charge < -0.3 is 11.1 Å². The number of hydrogen-bond acceptors (Lipinski definition) is 2. The second-order valence-electron chi connectivity index (χ2n) is 4.06. The minimum absolute atomic E-state index is 0.0168. The van der Waals surface area contributed by atoms with Gasteiger partial charge >= 0.3 is 6.18 Å². The number of anilines is 3. The normalized spacial score (nSPS) is 11.4. The van der Waals surface area contributed by atoms with E-state index in [-0.39, 0.29) is 15.8 Å². The maximum atomic E-state index is 13.1. The van der Waals surface area contributed by atoms with Gasteiger partial charge in [0.1, 0.15) is 5.82 Å². The molecule has 0 aromatic heterocycles. The van der Waals surface area contributed by atoms with Gasteiger partial charge in [-0.2, -0.15) is 13.2 Å². The Labute approximate surface area is 120 Å². The summed E-state index contributed by atoms with van der Waals surface area (Å²) in [6.07, 6.45) is -4.53. The van der Waals surface area contributed by atoms with Crippen LogP contribution in [0.2, 0.25) is 0 Å². The number of rotatable bonds is 2. The Kier molecular flexibility index (Phi) is 3.89. The molecule has 0 aliphatic carbocycles. The predicted molar refractivity (Wildman–Crippen MR) is 73.2 cm³/mol. The van der Waals surface area contributed by atoms with Gasteiger partial charge in [0, 0.05) is 11.4 Å². The average Bonchev–Trinajstić information content (AvgIpc) is 2.35. The molecule has 2 nitrogen and oxygen atoms in total. The third-order valence-electron chi connectivity index (χ3n) is 2.55. The van der Waals surface area contributed by atoms with Crippen LogP contribution in [-0.2, 0) is 6.18 Å². The topological polar surface area (TPSA) is 38.0 Å². The van der Waals surface area contributed by atoms with Crippen LogP contribution < -0.4 is 11.1 Å². The molecule has 2 aromatic carbocycles. The van der Waals surface area contributed by atoms with E-state index in [4.69, 9.17) is 5.73 Å². The molecule has 2 rings (SSSR count). The number of alkyl halides is 3. The minimum atomic E-state index is -4.53. The van der Waals surface area contributed by atoms with Crippen LogP contribution >= 0.6 is 15.9 Å². The Hall–Kier alpha value is -1.76. The Morgan fingerprint density at radius 2 is 1.75 bits per heavy atom. The fraction of sp³-hybridized carbons (Fsp3) is 0.0769. The zero-order valence-electron chi connectivity index (χ0n) is 9.93. The molecule has 106 valence electrons. The second kappa shape index (κ2) is 5.32. The largest absolute Gasteiger partial charge is 0.418 e. The first-order valence-electron chi connectivity index (χ1n) is 5.46. The molecule has 0 amide bonds. The van der Waals surface area contributed by atoms with Gasteiger partial charge in [0.05, 0.1) is 15.7 Å². The summed E-state index contributed by atoms with van der Waals surface area (Å²) >= 11 is 2.97. The van der Waals surface area contributed by atoms with Crippen LogP contribution in [0.5, 0.6) is 0 Å². The fourth-order valence-corrected chi connectivity index (χ4v) is 2.01. The molecule has 0 aliphatic heterocycles. The molecule has 0 bridgehead atoms. The first kappa shape index (κ1) is 14.6. The van der Waals surface area contributed by atoms with E-state index in [1.165, 1.54) is 24.3 Å². The van der Waals surface area contributed by atoms with Crippen molar-refractivity contribution in [3.63, 3.8) is 0 Å². The van der Waals surface area contributed by atoms with Crippen molar-refractivity contribution in [2.24, 2.45) is 0 Å². The van der Waals surface area contributed by atoms with E-state index >= 15 is 0 Å². The first-order chi connectivity index (χ1) is 9.27. The van der Waals surface area contributed by atoms with Crippen LogP contribution in [0.4, 0.5) is 34.6 Å². The van der Waals surface area contributed by atoms with Crippen molar-refractivity contribution < 1.29 is 17.6 Å².